The van der Waals surface area contributed by atoms with E-state index in [1.165, 1.54) is 0 Å². The van der Waals surface area contributed by atoms with Gasteiger partial charge in [0.15, 0.2) is 6.61 Å². The van der Waals surface area contributed by atoms with Crippen LogP contribution in [0.1, 0.15) is 23.5 Å². The number of nitrogens with one attached hydrogen (secondary N) is 2. The average Bonchev–Trinajstić information content (AvgIpc) is 2.74. The van der Waals surface area contributed by atoms with Crippen LogP contribution < -0.4 is 15.4 Å². The van der Waals surface area contributed by atoms with Crippen LogP contribution in [0.2, 0.25) is 5.02 Å². The third kappa shape index (κ3) is 4.41. The molecule has 0 atom stereocenters. The number of carbonyl (C=O) groups excluding carboxylic acids is 2. The molecule has 0 aliphatic carbocycles. The van der Waals surface area contributed by atoms with Crippen LogP contribution in [0.15, 0.2) is 72.8 Å². The second-order valence-corrected chi connectivity index (χ2v) is 7.20. The summed E-state index contributed by atoms with van der Waals surface area (Å²) in [6.07, 6.45) is 0.263. The van der Waals surface area contributed by atoms with Crippen molar-refractivity contribution < 1.29 is 14.3 Å². The Labute approximate surface area is 173 Å². The fourth-order valence-corrected chi connectivity index (χ4v) is 3.59. The lowest BCUT2D eigenvalue weighted by atomic mass is 9.88. The number of ether oxygens (including phenoxy) is 1. The monoisotopic (exact) mass is 406 g/mol. The minimum Gasteiger partial charge on any atom is -0.482 e. The Morgan fingerprint density at radius 2 is 1.66 bits per heavy atom. The number of halogens is 1. The van der Waals surface area contributed by atoms with E-state index < -0.39 is 0 Å². The number of rotatable bonds is 5. The Morgan fingerprint density at radius 1 is 1.03 bits per heavy atom. The van der Waals surface area contributed by atoms with E-state index in [-0.39, 0.29) is 30.8 Å². The second-order valence-electron chi connectivity index (χ2n) is 6.79. The molecule has 1 heterocycles. The predicted octanol–water partition coefficient (Wildman–Crippen LogP) is 4.83. The zero-order valence-corrected chi connectivity index (χ0v) is 16.3. The van der Waals surface area contributed by atoms with Gasteiger partial charge in [0, 0.05) is 18.4 Å². The van der Waals surface area contributed by atoms with Gasteiger partial charge in [-0.1, -0.05) is 72.3 Å². The maximum absolute atomic E-state index is 12.9. The summed E-state index contributed by atoms with van der Waals surface area (Å²) >= 11 is 6.30. The molecule has 5 nitrogen and oxygen atoms in total. The van der Waals surface area contributed by atoms with Crippen LogP contribution in [0.25, 0.3) is 0 Å². The molecule has 0 unspecified atom stereocenters. The van der Waals surface area contributed by atoms with E-state index in [0.717, 1.165) is 11.1 Å². The van der Waals surface area contributed by atoms with Crippen LogP contribution in [0.3, 0.4) is 0 Å². The topological polar surface area (TPSA) is 67.4 Å². The van der Waals surface area contributed by atoms with Crippen molar-refractivity contribution in [3.05, 3.63) is 88.9 Å². The van der Waals surface area contributed by atoms with Gasteiger partial charge >= 0.3 is 0 Å². The van der Waals surface area contributed by atoms with Crippen molar-refractivity contribution in [3.8, 4) is 5.75 Å². The maximum atomic E-state index is 12.9. The summed E-state index contributed by atoms with van der Waals surface area (Å²) in [5.74, 6) is -0.000345. The summed E-state index contributed by atoms with van der Waals surface area (Å²) in [5.41, 5.74) is 3.08. The molecule has 146 valence electrons. The Morgan fingerprint density at radius 3 is 2.28 bits per heavy atom. The molecule has 1 aliphatic heterocycles. The number of amides is 2. The van der Waals surface area contributed by atoms with Crippen molar-refractivity contribution in [2.45, 2.75) is 12.3 Å². The summed E-state index contributed by atoms with van der Waals surface area (Å²) in [5, 5.41) is 5.91. The number of fused-ring (bicyclic) bond motifs is 1. The molecule has 3 aromatic carbocycles. The van der Waals surface area contributed by atoms with Gasteiger partial charge in [0.25, 0.3) is 5.91 Å². The first-order chi connectivity index (χ1) is 14.1. The van der Waals surface area contributed by atoms with Crippen molar-refractivity contribution in [2.24, 2.45) is 0 Å². The maximum Gasteiger partial charge on any atom is 0.262 e. The number of anilines is 2. The van der Waals surface area contributed by atoms with E-state index in [1.807, 2.05) is 60.7 Å². The van der Waals surface area contributed by atoms with Crippen LogP contribution in [-0.2, 0) is 9.59 Å². The van der Waals surface area contributed by atoms with Crippen molar-refractivity contribution in [1.29, 1.82) is 0 Å². The molecule has 3 aromatic rings. The van der Waals surface area contributed by atoms with Crippen LogP contribution in [-0.4, -0.2) is 18.4 Å². The molecule has 29 heavy (non-hydrogen) atoms. The van der Waals surface area contributed by atoms with Crippen molar-refractivity contribution in [3.63, 3.8) is 0 Å². The highest BCUT2D eigenvalue weighted by atomic mass is 35.5. The van der Waals surface area contributed by atoms with Gasteiger partial charge in [0.05, 0.1) is 16.4 Å². The van der Waals surface area contributed by atoms with Crippen LogP contribution in [0.5, 0.6) is 5.75 Å². The highest BCUT2D eigenvalue weighted by Gasteiger charge is 2.21. The third-order valence-electron chi connectivity index (χ3n) is 4.77. The van der Waals surface area contributed by atoms with E-state index in [0.29, 0.717) is 22.1 Å². The largest absolute Gasteiger partial charge is 0.482 e. The van der Waals surface area contributed by atoms with Gasteiger partial charge in [0.1, 0.15) is 5.75 Å². The number of benzene rings is 3. The smallest absolute Gasteiger partial charge is 0.262 e. The van der Waals surface area contributed by atoms with Gasteiger partial charge in [-0.25, -0.2) is 0 Å². The summed E-state index contributed by atoms with van der Waals surface area (Å²) < 4.78 is 5.41. The number of hydrogen-bond acceptors (Lipinski definition) is 3. The first kappa shape index (κ1) is 19.0. The van der Waals surface area contributed by atoms with Crippen LogP contribution >= 0.6 is 11.6 Å². The summed E-state index contributed by atoms with van der Waals surface area (Å²) in [6, 6.07) is 23.1. The third-order valence-corrected chi connectivity index (χ3v) is 5.08. The van der Waals surface area contributed by atoms with Crippen molar-refractivity contribution in [2.75, 3.05) is 17.2 Å². The lowest BCUT2D eigenvalue weighted by molar-refractivity contribution is -0.118. The summed E-state index contributed by atoms with van der Waals surface area (Å²) in [7, 11) is 0. The molecule has 0 radical (unpaired) electrons. The zero-order valence-electron chi connectivity index (χ0n) is 15.5. The molecule has 4 rings (SSSR count). The number of hydrogen-bond donors (Lipinski definition) is 2. The van der Waals surface area contributed by atoms with E-state index in [2.05, 4.69) is 10.6 Å². The molecular weight excluding hydrogens is 388 g/mol. The number of carbonyl (C=O) groups is 2. The Balaban J connectivity index is 1.55. The minimum atomic E-state index is -0.237. The van der Waals surface area contributed by atoms with Crippen LogP contribution in [0.4, 0.5) is 11.4 Å². The summed E-state index contributed by atoms with van der Waals surface area (Å²) in [6.45, 7) is -0.0634. The van der Waals surface area contributed by atoms with Crippen LogP contribution in [0, 0.1) is 0 Å². The fraction of sp³-hybridized carbons (Fsp3) is 0.130. The minimum absolute atomic E-state index is 0.0634. The molecule has 0 saturated heterocycles. The van der Waals surface area contributed by atoms with E-state index in [1.54, 1.807) is 12.1 Å². The van der Waals surface area contributed by atoms with Gasteiger partial charge in [-0.2, -0.15) is 0 Å². The lowest BCUT2D eigenvalue weighted by Crippen LogP contribution is -2.25. The average molecular weight is 407 g/mol. The Bertz CT molecular complexity index is 999. The standard InChI is InChI=1S/C23H19ClN2O3/c24-18-12-20-21(29-14-23(28)26-20)13-19(18)25-22(27)11-17(15-7-3-1-4-8-15)16-9-5-2-6-10-16/h1-10,12-13,17H,11,14H2,(H,25,27)(H,26,28). The van der Waals surface area contributed by atoms with Crippen molar-refractivity contribution in [1.82, 2.24) is 0 Å². The first-order valence-electron chi connectivity index (χ1n) is 9.26. The molecule has 0 aromatic heterocycles. The molecule has 0 saturated carbocycles. The summed E-state index contributed by atoms with van der Waals surface area (Å²) in [4.78, 5) is 24.3. The van der Waals surface area contributed by atoms with Gasteiger partial charge in [-0.15, -0.1) is 0 Å². The van der Waals surface area contributed by atoms with Crippen molar-refractivity contribution >= 4 is 34.8 Å². The zero-order chi connectivity index (χ0) is 20.2. The Kier molecular flexibility index (Phi) is 5.49. The van der Waals surface area contributed by atoms with Gasteiger partial charge in [0.2, 0.25) is 5.91 Å². The lowest BCUT2D eigenvalue weighted by Gasteiger charge is -2.21. The molecule has 1 aliphatic rings. The second kappa shape index (κ2) is 8.37. The highest BCUT2D eigenvalue weighted by molar-refractivity contribution is 6.34. The molecule has 0 spiro atoms. The highest BCUT2D eigenvalue weighted by Crippen LogP contribution is 2.37. The SMILES string of the molecule is O=C(CC(c1ccccc1)c1ccccc1)Nc1cc2c(cc1Cl)NC(=O)CO2. The van der Waals surface area contributed by atoms with Gasteiger partial charge in [-0.05, 0) is 17.2 Å². The molecule has 0 bridgehead atoms. The van der Waals surface area contributed by atoms with E-state index in [9.17, 15) is 9.59 Å². The molecule has 2 amide bonds. The van der Waals surface area contributed by atoms with E-state index >= 15 is 0 Å². The first-order valence-corrected chi connectivity index (χ1v) is 9.64. The van der Waals surface area contributed by atoms with E-state index in [4.69, 9.17) is 16.3 Å². The molecule has 6 heteroatoms. The fourth-order valence-electron chi connectivity index (χ4n) is 3.38. The quantitative estimate of drug-likeness (QED) is 0.637. The predicted molar refractivity (Wildman–Crippen MR) is 114 cm³/mol. The molecule has 0 fully saturated rings. The normalized spacial score (nSPS) is 12.7. The molecular formula is C23H19ClN2O3. The van der Waals surface area contributed by atoms with Gasteiger partial charge < -0.3 is 15.4 Å². The Hall–Kier alpha value is -3.31. The van der Waals surface area contributed by atoms with Gasteiger partial charge in [-0.3, -0.25) is 9.59 Å². The molecule has 2 N–H and O–H groups in total.